The zero-order valence-electron chi connectivity index (χ0n) is 10.7. The third kappa shape index (κ3) is 3.10. The lowest BCUT2D eigenvalue weighted by Gasteiger charge is -2.06. The lowest BCUT2D eigenvalue weighted by Crippen LogP contribution is -2.15. The van der Waals surface area contributed by atoms with Gasteiger partial charge < -0.3 is 0 Å². The molecule has 0 spiro atoms. The molecule has 0 fully saturated rings. The molecule has 1 heterocycles. The van der Waals surface area contributed by atoms with E-state index in [9.17, 15) is 12.8 Å². The maximum absolute atomic E-state index is 13.7. The molecule has 0 aliphatic rings. The summed E-state index contributed by atoms with van der Waals surface area (Å²) in [5, 5.41) is 6.29. The van der Waals surface area contributed by atoms with Gasteiger partial charge in [-0.05, 0) is 18.6 Å². The molecule has 2 rings (SSSR count). The van der Waals surface area contributed by atoms with E-state index in [1.54, 1.807) is 6.07 Å². The molecule has 0 saturated carbocycles. The Balaban J connectivity index is 2.28. The van der Waals surface area contributed by atoms with Crippen molar-refractivity contribution < 1.29 is 12.8 Å². The Kier molecular flexibility index (Phi) is 4.29. The summed E-state index contributed by atoms with van der Waals surface area (Å²) in [7, 11) is -4.06. The normalized spacial score (nSPS) is 11.6. The van der Waals surface area contributed by atoms with Gasteiger partial charge >= 0.3 is 0 Å². The lowest BCUT2D eigenvalue weighted by atomic mass is 10.2. The van der Waals surface area contributed by atoms with Crippen LogP contribution in [0, 0.1) is 5.82 Å². The minimum Gasteiger partial charge on any atom is -0.280 e. The molecule has 0 atom stereocenters. The highest BCUT2D eigenvalue weighted by molar-refractivity contribution is 7.92. The van der Waals surface area contributed by atoms with Gasteiger partial charge in [-0.25, -0.2) is 12.8 Å². The molecular weight excluding hydrogens is 305 g/mol. The van der Waals surface area contributed by atoms with E-state index in [0.717, 1.165) is 24.6 Å². The summed E-state index contributed by atoms with van der Waals surface area (Å²) >= 11 is 5.58. The van der Waals surface area contributed by atoms with Crippen LogP contribution in [0.25, 0.3) is 0 Å². The first-order chi connectivity index (χ1) is 9.44. The van der Waals surface area contributed by atoms with Crippen LogP contribution in [0.3, 0.4) is 0 Å². The van der Waals surface area contributed by atoms with Gasteiger partial charge in [-0.3, -0.25) is 9.82 Å². The van der Waals surface area contributed by atoms with E-state index in [0.29, 0.717) is 0 Å². The van der Waals surface area contributed by atoms with Gasteiger partial charge in [0.1, 0.15) is 4.90 Å². The number of halogens is 2. The van der Waals surface area contributed by atoms with Crippen molar-refractivity contribution in [1.29, 1.82) is 0 Å². The molecule has 0 amide bonds. The predicted molar refractivity (Wildman–Crippen MR) is 74.8 cm³/mol. The van der Waals surface area contributed by atoms with E-state index in [1.807, 2.05) is 6.92 Å². The van der Waals surface area contributed by atoms with Crippen molar-refractivity contribution in [3.05, 3.63) is 40.8 Å². The van der Waals surface area contributed by atoms with E-state index in [1.165, 1.54) is 12.1 Å². The number of aromatic nitrogens is 2. The molecule has 1 aromatic heterocycles. The van der Waals surface area contributed by atoms with Crippen LogP contribution in [-0.4, -0.2) is 18.6 Å². The van der Waals surface area contributed by atoms with E-state index in [-0.39, 0.29) is 10.8 Å². The number of nitrogens with one attached hydrogen (secondary N) is 2. The summed E-state index contributed by atoms with van der Waals surface area (Å²) in [4.78, 5) is -0.509. The fourth-order valence-electron chi connectivity index (χ4n) is 1.70. The zero-order chi connectivity index (χ0) is 14.8. The number of hydrogen-bond donors (Lipinski definition) is 2. The van der Waals surface area contributed by atoms with Gasteiger partial charge in [0.2, 0.25) is 0 Å². The fourth-order valence-corrected chi connectivity index (χ4v) is 3.02. The maximum atomic E-state index is 13.7. The maximum Gasteiger partial charge on any atom is 0.266 e. The highest BCUT2D eigenvalue weighted by Crippen LogP contribution is 2.23. The Morgan fingerprint density at radius 3 is 2.90 bits per heavy atom. The smallest absolute Gasteiger partial charge is 0.266 e. The van der Waals surface area contributed by atoms with Crippen molar-refractivity contribution in [2.45, 2.75) is 24.7 Å². The van der Waals surface area contributed by atoms with Crippen molar-refractivity contribution in [2.24, 2.45) is 0 Å². The van der Waals surface area contributed by atoms with Crippen molar-refractivity contribution in [3.63, 3.8) is 0 Å². The molecular formula is C12H13ClFN3O2S. The van der Waals surface area contributed by atoms with Crippen LogP contribution in [0.4, 0.5) is 10.2 Å². The molecule has 1 aromatic carbocycles. The third-order valence-corrected chi connectivity index (χ3v) is 4.26. The van der Waals surface area contributed by atoms with Crippen LogP contribution >= 0.6 is 11.6 Å². The van der Waals surface area contributed by atoms with Gasteiger partial charge in [0.25, 0.3) is 10.0 Å². The summed E-state index contributed by atoms with van der Waals surface area (Å²) in [5.41, 5.74) is 0.803. The van der Waals surface area contributed by atoms with Gasteiger partial charge in [-0.15, -0.1) is 0 Å². The van der Waals surface area contributed by atoms with E-state index >= 15 is 0 Å². The number of aryl methyl sites for hydroxylation is 1. The Morgan fingerprint density at radius 2 is 2.20 bits per heavy atom. The Labute approximate surface area is 121 Å². The number of benzene rings is 1. The average Bonchev–Trinajstić information content (AvgIpc) is 2.79. The first kappa shape index (κ1) is 14.8. The van der Waals surface area contributed by atoms with Gasteiger partial charge in [-0.2, -0.15) is 5.10 Å². The number of nitrogens with zero attached hydrogens (tertiary/aromatic N) is 1. The summed E-state index contributed by atoms with van der Waals surface area (Å²) in [6.45, 7) is 1.99. The fraction of sp³-hybridized carbons (Fsp3) is 0.250. The SMILES string of the molecule is CCCc1cc(NS(=O)(=O)c2cccc(Cl)c2F)n[nH]1. The third-order valence-electron chi connectivity index (χ3n) is 2.59. The van der Waals surface area contributed by atoms with Crippen LogP contribution < -0.4 is 4.72 Å². The highest BCUT2D eigenvalue weighted by atomic mass is 35.5. The van der Waals surface area contributed by atoms with Crippen LogP contribution in [0.2, 0.25) is 5.02 Å². The van der Waals surface area contributed by atoms with Crippen LogP contribution in [0.1, 0.15) is 19.0 Å². The summed E-state index contributed by atoms with van der Waals surface area (Å²) < 4.78 is 40.1. The van der Waals surface area contributed by atoms with Gasteiger partial charge in [0.05, 0.1) is 5.02 Å². The van der Waals surface area contributed by atoms with Gasteiger partial charge in [0, 0.05) is 11.8 Å². The molecule has 5 nitrogen and oxygen atoms in total. The predicted octanol–water partition coefficient (Wildman–Crippen LogP) is 2.96. The zero-order valence-corrected chi connectivity index (χ0v) is 12.2. The molecule has 20 heavy (non-hydrogen) atoms. The minimum absolute atomic E-state index is 0.118. The molecule has 108 valence electrons. The number of aromatic amines is 1. The molecule has 0 radical (unpaired) electrons. The average molecular weight is 318 g/mol. The minimum atomic E-state index is -4.06. The second-order valence-corrected chi connectivity index (χ2v) is 6.24. The molecule has 0 aliphatic carbocycles. The second kappa shape index (κ2) is 5.80. The number of H-pyrrole nitrogens is 1. The summed E-state index contributed by atoms with van der Waals surface area (Å²) in [5.74, 6) is -0.862. The Hall–Kier alpha value is -1.60. The molecule has 2 N–H and O–H groups in total. The quantitative estimate of drug-likeness (QED) is 0.890. The molecule has 0 unspecified atom stereocenters. The molecule has 2 aromatic rings. The van der Waals surface area contributed by atoms with Crippen molar-refractivity contribution >= 4 is 27.4 Å². The first-order valence-electron chi connectivity index (χ1n) is 5.95. The van der Waals surface area contributed by atoms with Gasteiger partial charge in [-0.1, -0.05) is 31.0 Å². The van der Waals surface area contributed by atoms with E-state index in [2.05, 4.69) is 14.9 Å². The highest BCUT2D eigenvalue weighted by Gasteiger charge is 2.21. The van der Waals surface area contributed by atoms with Crippen LogP contribution in [0.15, 0.2) is 29.2 Å². The largest absolute Gasteiger partial charge is 0.280 e. The second-order valence-electron chi connectivity index (χ2n) is 4.19. The van der Waals surface area contributed by atoms with Crippen LogP contribution in [0.5, 0.6) is 0 Å². The number of sulfonamides is 1. The van der Waals surface area contributed by atoms with E-state index < -0.39 is 20.7 Å². The van der Waals surface area contributed by atoms with Crippen molar-refractivity contribution in [1.82, 2.24) is 10.2 Å². The number of anilines is 1. The van der Waals surface area contributed by atoms with Crippen LogP contribution in [-0.2, 0) is 16.4 Å². The Morgan fingerprint density at radius 1 is 1.45 bits per heavy atom. The first-order valence-corrected chi connectivity index (χ1v) is 7.81. The van der Waals surface area contributed by atoms with Crippen molar-refractivity contribution in [2.75, 3.05) is 4.72 Å². The summed E-state index contributed by atoms with van der Waals surface area (Å²) in [6, 6.07) is 5.36. The molecule has 0 aliphatic heterocycles. The monoisotopic (exact) mass is 317 g/mol. The van der Waals surface area contributed by atoms with Crippen molar-refractivity contribution in [3.8, 4) is 0 Å². The number of rotatable bonds is 5. The van der Waals surface area contributed by atoms with Gasteiger partial charge in [0.15, 0.2) is 11.6 Å². The number of hydrogen-bond acceptors (Lipinski definition) is 3. The lowest BCUT2D eigenvalue weighted by molar-refractivity contribution is 0.570. The Bertz CT molecular complexity index is 715. The summed E-state index contributed by atoms with van der Waals surface area (Å²) in [6.07, 6.45) is 1.65. The topological polar surface area (TPSA) is 74.8 Å². The standard InChI is InChI=1S/C12H13ClFN3O2S/c1-2-4-8-7-11(16-15-8)17-20(18,19)10-6-3-5-9(13)12(10)14/h3,5-7H,2,4H2,1H3,(H2,15,16,17). The molecule has 0 saturated heterocycles. The molecule has 0 bridgehead atoms. The van der Waals surface area contributed by atoms with E-state index in [4.69, 9.17) is 11.6 Å². The molecule has 8 heteroatoms.